The average molecular weight is 249 g/mol. The highest BCUT2D eigenvalue weighted by molar-refractivity contribution is 9.09. The molecule has 13 heavy (non-hydrogen) atoms. The topological polar surface area (TPSA) is 48.2 Å². The summed E-state index contributed by atoms with van der Waals surface area (Å²) in [5.41, 5.74) is 0. The normalized spacial score (nSPS) is 15.7. The van der Waals surface area contributed by atoms with Crippen LogP contribution in [-0.2, 0) is 4.74 Å². The second kappa shape index (κ2) is 4.72. The van der Waals surface area contributed by atoms with Crippen LogP contribution in [0.2, 0.25) is 0 Å². The van der Waals surface area contributed by atoms with Gasteiger partial charge < -0.3 is 9.26 Å². The van der Waals surface area contributed by atoms with E-state index in [1.165, 1.54) is 0 Å². The van der Waals surface area contributed by atoms with Crippen LogP contribution in [0.1, 0.15) is 42.9 Å². The Morgan fingerprint density at radius 2 is 2.31 bits per heavy atom. The minimum atomic E-state index is -0.117. The van der Waals surface area contributed by atoms with Crippen molar-refractivity contribution in [1.82, 2.24) is 10.1 Å². The van der Waals surface area contributed by atoms with Crippen LogP contribution < -0.4 is 0 Å². The van der Waals surface area contributed by atoms with Crippen molar-refractivity contribution in [2.75, 3.05) is 7.11 Å². The maximum Gasteiger partial charge on any atom is 0.240 e. The van der Waals surface area contributed by atoms with E-state index in [1.54, 1.807) is 7.11 Å². The predicted molar refractivity (Wildman–Crippen MR) is 51.7 cm³/mol. The Hall–Kier alpha value is -0.420. The summed E-state index contributed by atoms with van der Waals surface area (Å²) >= 11 is 3.43. The van der Waals surface area contributed by atoms with Gasteiger partial charge in [-0.2, -0.15) is 4.98 Å². The molecule has 4 nitrogen and oxygen atoms in total. The van der Waals surface area contributed by atoms with Crippen molar-refractivity contribution in [1.29, 1.82) is 0 Å². The summed E-state index contributed by atoms with van der Waals surface area (Å²) in [4.78, 5) is 4.34. The summed E-state index contributed by atoms with van der Waals surface area (Å²) in [5, 5.41) is 3.81. The molecule has 0 aliphatic rings. The zero-order valence-corrected chi connectivity index (χ0v) is 9.54. The van der Waals surface area contributed by atoms with Gasteiger partial charge in [-0.25, -0.2) is 0 Å². The largest absolute Gasteiger partial charge is 0.374 e. The molecule has 0 amide bonds. The van der Waals surface area contributed by atoms with Crippen molar-refractivity contribution in [3.8, 4) is 0 Å². The van der Waals surface area contributed by atoms with Crippen LogP contribution in [0.25, 0.3) is 0 Å². The quantitative estimate of drug-likeness (QED) is 0.769. The van der Waals surface area contributed by atoms with E-state index in [2.05, 4.69) is 26.1 Å². The highest BCUT2D eigenvalue weighted by Crippen LogP contribution is 2.25. The third-order valence-corrected chi connectivity index (χ3v) is 2.84. The maximum atomic E-state index is 5.06. The van der Waals surface area contributed by atoms with Crippen LogP contribution in [0.4, 0.5) is 0 Å². The van der Waals surface area contributed by atoms with E-state index in [9.17, 15) is 0 Å². The molecule has 1 heterocycles. The third-order valence-electron chi connectivity index (χ3n) is 1.80. The Labute approximate surface area is 85.8 Å². The van der Waals surface area contributed by atoms with Gasteiger partial charge in [-0.3, -0.25) is 0 Å². The molecule has 1 aromatic heterocycles. The molecule has 74 valence electrons. The Morgan fingerprint density at radius 1 is 1.62 bits per heavy atom. The molecular formula is C8H13BrN2O2. The van der Waals surface area contributed by atoms with Gasteiger partial charge in [0.15, 0.2) is 5.82 Å². The lowest BCUT2D eigenvalue weighted by atomic mass is 10.3. The van der Waals surface area contributed by atoms with Crippen LogP contribution in [0.3, 0.4) is 0 Å². The first-order chi connectivity index (χ1) is 6.19. The molecule has 1 aromatic rings. The lowest BCUT2D eigenvalue weighted by Crippen LogP contribution is -1.98. The van der Waals surface area contributed by atoms with Gasteiger partial charge in [-0.15, -0.1) is 0 Å². The van der Waals surface area contributed by atoms with Crippen molar-refractivity contribution < 1.29 is 9.26 Å². The van der Waals surface area contributed by atoms with E-state index < -0.39 is 0 Å². The summed E-state index contributed by atoms with van der Waals surface area (Å²) in [5.74, 6) is 1.21. The standard InChI is InChI=1S/C8H13BrN2O2/c1-4-6(9)8-10-7(11-13-8)5(2)12-3/h5-6H,4H2,1-3H3. The van der Waals surface area contributed by atoms with E-state index in [0.717, 1.165) is 6.42 Å². The third kappa shape index (κ3) is 2.51. The molecule has 5 heteroatoms. The zero-order chi connectivity index (χ0) is 9.84. The Kier molecular flexibility index (Phi) is 3.87. The molecule has 0 aliphatic heterocycles. The fourth-order valence-electron chi connectivity index (χ4n) is 0.820. The SMILES string of the molecule is CCC(Br)c1nc(C(C)OC)no1. The number of hydrogen-bond acceptors (Lipinski definition) is 4. The fourth-order valence-corrected chi connectivity index (χ4v) is 1.01. The van der Waals surface area contributed by atoms with Crippen molar-refractivity contribution >= 4 is 15.9 Å². The van der Waals surface area contributed by atoms with Crippen molar-refractivity contribution in [3.05, 3.63) is 11.7 Å². The number of alkyl halides is 1. The van der Waals surface area contributed by atoms with Crippen LogP contribution in [-0.4, -0.2) is 17.3 Å². The van der Waals surface area contributed by atoms with Gasteiger partial charge in [0, 0.05) is 7.11 Å². The average Bonchev–Trinajstić information content (AvgIpc) is 2.64. The molecule has 0 radical (unpaired) electrons. The van der Waals surface area contributed by atoms with Crippen LogP contribution in [0.15, 0.2) is 4.52 Å². The Bertz CT molecular complexity index is 240. The number of halogens is 1. The highest BCUT2D eigenvalue weighted by Gasteiger charge is 2.17. The van der Waals surface area contributed by atoms with E-state index >= 15 is 0 Å². The molecule has 2 unspecified atom stereocenters. The van der Waals surface area contributed by atoms with E-state index in [-0.39, 0.29) is 10.9 Å². The maximum absolute atomic E-state index is 5.06. The molecule has 0 saturated carbocycles. The lowest BCUT2D eigenvalue weighted by molar-refractivity contribution is 0.109. The van der Waals surface area contributed by atoms with Crippen molar-refractivity contribution in [3.63, 3.8) is 0 Å². The first-order valence-corrected chi connectivity index (χ1v) is 5.11. The van der Waals surface area contributed by atoms with Crippen LogP contribution >= 0.6 is 15.9 Å². The predicted octanol–water partition coefficient (Wildman–Crippen LogP) is 2.62. The summed E-state index contributed by atoms with van der Waals surface area (Å²) in [6.45, 7) is 3.92. The van der Waals surface area contributed by atoms with E-state index in [1.807, 2.05) is 13.8 Å². The van der Waals surface area contributed by atoms with E-state index in [4.69, 9.17) is 9.26 Å². The molecule has 0 aromatic carbocycles. The van der Waals surface area contributed by atoms with Gasteiger partial charge in [0.2, 0.25) is 5.89 Å². The number of ether oxygens (including phenoxy) is 1. The lowest BCUT2D eigenvalue weighted by Gasteiger charge is -2.01. The van der Waals surface area contributed by atoms with Gasteiger partial charge in [0.25, 0.3) is 0 Å². The van der Waals surface area contributed by atoms with Gasteiger partial charge >= 0.3 is 0 Å². The molecule has 2 atom stereocenters. The first-order valence-electron chi connectivity index (χ1n) is 4.19. The summed E-state index contributed by atoms with van der Waals surface area (Å²) < 4.78 is 10.1. The molecule has 0 bridgehead atoms. The fraction of sp³-hybridized carbons (Fsp3) is 0.750. The second-order valence-electron chi connectivity index (χ2n) is 2.74. The molecule has 0 spiro atoms. The molecule has 0 aliphatic carbocycles. The molecule has 1 rings (SSSR count). The minimum Gasteiger partial charge on any atom is -0.374 e. The number of rotatable bonds is 4. The summed E-state index contributed by atoms with van der Waals surface area (Å²) in [6, 6.07) is 0. The first kappa shape index (κ1) is 10.7. The molecule has 0 saturated heterocycles. The summed E-state index contributed by atoms with van der Waals surface area (Å²) in [7, 11) is 1.62. The van der Waals surface area contributed by atoms with Crippen molar-refractivity contribution in [2.45, 2.75) is 31.2 Å². The monoisotopic (exact) mass is 248 g/mol. The van der Waals surface area contributed by atoms with Gasteiger partial charge in [-0.1, -0.05) is 28.0 Å². The molecule has 0 fully saturated rings. The number of hydrogen-bond donors (Lipinski definition) is 0. The van der Waals surface area contributed by atoms with Crippen molar-refractivity contribution in [2.24, 2.45) is 0 Å². The van der Waals surface area contributed by atoms with Gasteiger partial charge in [0.1, 0.15) is 6.10 Å². The van der Waals surface area contributed by atoms with Crippen LogP contribution in [0.5, 0.6) is 0 Å². The smallest absolute Gasteiger partial charge is 0.240 e. The van der Waals surface area contributed by atoms with Crippen LogP contribution in [0, 0.1) is 0 Å². The highest BCUT2D eigenvalue weighted by atomic mass is 79.9. The molecule has 0 N–H and O–H groups in total. The van der Waals surface area contributed by atoms with E-state index in [0.29, 0.717) is 11.7 Å². The zero-order valence-electron chi connectivity index (χ0n) is 7.95. The Balaban J connectivity index is 2.74. The minimum absolute atomic E-state index is 0.117. The van der Waals surface area contributed by atoms with Gasteiger partial charge in [-0.05, 0) is 13.3 Å². The number of methoxy groups -OCH3 is 1. The summed E-state index contributed by atoms with van der Waals surface area (Å²) in [6.07, 6.45) is 0.803. The second-order valence-corrected chi connectivity index (χ2v) is 3.85. The number of nitrogens with zero attached hydrogens (tertiary/aromatic N) is 2. The van der Waals surface area contributed by atoms with Gasteiger partial charge in [0.05, 0.1) is 4.83 Å². The molecular weight excluding hydrogens is 236 g/mol. The Morgan fingerprint density at radius 3 is 2.85 bits per heavy atom. The number of aromatic nitrogens is 2.